The van der Waals surface area contributed by atoms with E-state index in [0.29, 0.717) is 18.0 Å². The molecule has 0 saturated carbocycles. The summed E-state index contributed by atoms with van der Waals surface area (Å²) in [4.78, 5) is 13.6. The van der Waals surface area contributed by atoms with Crippen LogP contribution in [0.15, 0.2) is 42.7 Å². The fourth-order valence-corrected chi connectivity index (χ4v) is 3.67. The summed E-state index contributed by atoms with van der Waals surface area (Å²) in [5.74, 6) is 1.41. The molecule has 2 aromatic rings. The summed E-state index contributed by atoms with van der Waals surface area (Å²) in [5.41, 5.74) is 1.33. The maximum Gasteiger partial charge on any atom is 0.257 e. The molecule has 24 heavy (non-hydrogen) atoms. The van der Waals surface area contributed by atoms with Gasteiger partial charge >= 0.3 is 0 Å². The van der Waals surface area contributed by atoms with Crippen LogP contribution in [0.5, 0.6) is 5.88 Å². The zero-order valence-electron chi connectivity index (χ0n) is 13.8. The van der Waals surface area contributed by atoms with Gasteiger partial charge in [-0.15, -0.1) is 0 Å². The van der Waals surface area contributed by atoms with E-state index < -0.39 is 0 Å². The minimum Gasteiger partial charge on any atom is -0.478 e. The summed E-state index contributed by atoms with van der Waals surface area (Å²) in [6.45, 7) is 4.28. The second-order valence-electron chi connectivity index (χ2n) is 6.19. The lowest BCUT2D eigenvalue weighted by Crippen LogP contribution is -2.59. The molecule has 0 bridgehead atoms. The molecule has 0 amide bonds. The summed E-state index contributed by atoms with van der Waals surface area (Å²) in [6.07, 6.45) is 3.38. The summed E-state index contributed by atoms with van der Waals surface area (Å²) in [5, 5.41) is 0. The molecule has 2 aliphatic heterocycles. The molecule has 0 radical (unpaired) electrons. The Kier molecular flexibility index (Phi) is 4.32. The second kappa shape index (κ2) is 6.75. The van der Waals surface area contributed by atoms with Crippen molar-refractivity contribution in [2.24, 2.45) is 0 Å². The van der Waals surface area contributed by atoms with E-state index >= 15 is 0 Å². The number of piperazine rings is 1. The van der Waals surface area contributed by atoms with Crippen LogP contribution < -0.4 is 9.64 Å². The Morgan fingerprint density at radius 3 is 2.75 bits per heavy atom. The van der Waals surface area contributed by atoms with Crippen molar-refractivity contribution < 1.29 is 9.47 Å². The average Bonchev–Trinajstić information content (AvgIpc) is 2.67. The topological polar surface area (TPSA) is 50.7 Å². The van der Waals surface area contributed by atoms with Crippen molar-refractivity contribution in [1.82, 2.24) is 14.9 Å². The highest BCUT2D eigenvalue weighted by Crippen LogP contribution is 2.32. The summed E-state index contributed by atoms with van der Waals surface area (Å²) in [7, 11) is 1.64. The van der Waals surface area contributed by atoms with Gasteiger partial charge in [-0.05, 0) is 5.56 Å². The zero-order chi connectivity index (χ0) is 16.4. The SMILES string of the molecule is COc1nccnc1N1CCN2[C@@H](COC[C@@H]2c2ccccc2)C1. The Hall–Kier alpha value is -2.18. The van der Waals surface area contributed by atoms with E-state index in [9.17, 15) is 0 Å². The third kappa shape index (κ3) is 2.83. The Bertz CT molecular complexity index is 682. The first-order valence-electron chi connectivity index (χ1n) is 8.35. The molecule has 2 aliphatic rings. The Morgan fingerprint density at radius 2 is 1.92 bits per heavy atom. The highest BCUT2D eigenvalue weighted by Gasteiger charge is 2.37. The highest BCUT2D eigenvalue weighted by molar-refractivity contribution is 5.48. The van der Waals surface area contributed by atoms with Crippen molar-refractivity contribution in [3.8, 4) is 5.88 Å². The molecule has 1 aromatic heterocycles. The van der Waals surface area contributed by atoms with Gasteiger partial charge in [-0.3, -0.25) is 4.90 Å². The number of aromatic nitrogens is 2. The third-order valence-corrected chi connectivity index (χ3v) is 4.84. The second-order valence-corrected chi connectivity index (χ2v) is 6.19. The minimum absolute atomic E-state index is 0.329. The molecule has 126 valence electrons. The summed E-state index contributed by atoms with van der Waals surface area (Å²) < 4.78 is 11.3. The lowest BCUT2D eigenvalue weighted by Gasteiger charge is -2.48. The first kappa shape index (κ1) is 15.4. The molecule has 0 spiro atoms. The van der Waals surface area contributed by atoms with E-state index in [1.54, 1.807) is 19.5 Å². The van der Waals surface area contributed by atoms with Crippen molar-refractivity contribution in [3.05, 3.63) is 48.3 Å². The number of anilines is 1. The number of morpholine rings is 1. The number of fused-ring (bicyclic) bond motifs is 1. The molecule has 3 heterocycles. The molecule has 0 N–H and O–H groups in total. The number of hydrogen-bond acceptors (Lipinski definition) is 6. The number of methoxy groups -OCH3 is 1. The van der Waals surface area contributed by atoms with Gasteiger partial charge in [0.15, 0.2) is 5.82 Å². The predicted molar refractivity (Wildman–Crippen MR) is 91.3 cm³/mol. The lowest BCUT2D eigenvalue weighted by atomic mass is 10.0. The van der Waals surface area contributed by atoms with Crippen LogP contribution >= 0.6 is 0 Å². The lowest BCUT2D eigenvalue weighted by molar-refractivity contribution is -0.0548. The third-order valence-electron chi connectivity index (χ3n) is 4.84. The first-order valence-corrected chi connectivity index (χ1v) is 8.35. The monoisotopic (exact) mass is 326 g/mol. The van der Waals surface area contributed by atoms with Gasteiger partial charge in [0.05, 0.1) is 32.4 Å². The molecule has 6 nitrogen and oxygen atoms in total. The number of ether oxygens (including phenoxy) is 2. The van der Waals surface area contributed by atoms with Gasteiger partial charge in [-0.1, -0.05) is 30.3 Å². The maximum absolute atomic E-state index is 5.91. The van der Waals surface area contributed by atoms with Crippen molar-refractivity contribution in [3.63, 3.8) is 0 Å². The molecular formula is C18H22N4O2. The summed E-state index contributed by atoms with van der Waals surface area (Å²) >= 11 is 0. The smallest absolute Gasteiger partial charge is 0.257 e. The Labute approximate surface area is 142 Å². The van der Waals surface area contributed by atoms with E-state index in [1.165, 1.54) is 5.56 Å². The van der Waals surface area contributed by atoms with E-state index in [-0.39, 0.29) is 0 Å². The van der Waals surface area contributed by atoms with Crippen molar-refractivity contribution >= 4 is 5.82 Å². The minimum atomic E-state index is 0.329. The Balaban J connectivity index is 1.54. The van der Waals surface area contributed by atoms with E-state index in [1.807, 2.05) is 0 Å². The standard InChI is InChI=1S/C18H22N4O2/c1-23-18-17(19-7-8-20-18)21-9-10-22-15(11-21)12-24-13-16(22)14-5-3-2-4-6-14/h2-8,15-16H,9-13H2,1H3/t15-,16-/m1/s1. The molecule has 1 aromatic carbocycles. The molecule has 2 saturated heterocycles. The van der Waals surface area contributed by atoms with Gasteiger partial charge in [0.25, 0.3) is 5.88 Å². The normalized spacial score (nSPS) is 24.5. The number of nitrogens with zero attached hydrogens (tertiary/aromatic N) is 4. The largest absolute Gasteiger partial charge is 0.478 e. The van der Waals surface area contributed by atoms with Crippen LogP contribution in [0.2, 0.25) is 0 Å². The van der Waals surface area contributed by atoms with Gasteiger partial charge in [0.1, 0.15) is 0 Å². The fraction of sp³-hybridized carbons (Fsp3) is 0.444. The van der Waals surface area contributed by atoms with Crippen LogP contribution in [-0.4, -0.2) is 60.9 Å². The number of hydrogen-bond donors (Lipinski definition) is 0. The average molecular weight is 326 g/mol. The zero-order valence-corrected chi connectivity index (χ0v) is 13.8. The van der Waals surface area contributed by atoms with Crippen LogP contribution in [0.25, 0.3) is 0 Å². The van der Waals surface area contributed by atoms with Gasteiger partial charge < -0.3 is 14.4 Å². The predicted octanol–water partition coefficient (Wildman–Crippen LogP) is 1.75. The molecular weight excluding hydrogens is 304 g/mol. The van der Waals surface area contributed by atoms with Crippen molar-refractivity contribution in [2.75, 3.05) is 44.9 Å². The van der Waals surface area contributed by atoms with Crippen LogP contribution in [0.1, 0.15) is 11.6 Å². The van der Waals surface area contributed by atoms with Gasteiger partial charge in [-0.2, -0.15) is 0 Å². The fourth-order valence-electron chi connectivity index (χ4n) is 3.67. The highest BCUT2D eigenvalue weighted by atomic mass is 16.5. The molecule has 4 rings (SSSR count). The number of rotatable bonds is 3. The summed E-state index contributed by atoms with van der Waals surface area (Å²) in [6, 6.07) is 11.3. The molecule has 6 heteroatoms. The molecule has 0 unspecified atom stereocenters. The first-order chi connectivity index (χ1) is 11.9. The van der Waals surface area contributed by atoms with E-state index in [2.05, 4.69) is 50.1 Å². The van der Waals surface area contributed by atoms with Crippen LogP contribution in [0, 0.1) is 0 Å². The van der Waals surface area contributed by atoms with E-state index in [0.717, 1.165) is 38.7 Å². The van der Waals surface area contributed by atoms with Gasteiger partial charge in [-0.25, -0.2) is 9.97 Å². The molecule has 2 fully saturated rings. The van der Waals surface area contributed by atoms with Crippen molar-refractivity contribution in [2.45, 2.75) is 12.1 Å². The van der Waals surface area contributed by atoms with Crippen LogP contribution in [0.3, 0.4) is 0 Å². The maximum atomic E-state index is 5.91. The van der Waals surface area contributed by atoms with Crippen LogP contribution in [0.4, 0.5) is 5.82 Å². The molecule has 0 aliphatic carbocycles. The Morgan fingerprint density at radius 1 is 1.08 bits per heavy atom. The molecule has 2 atom stereocenters. The van der Waals surface area contributed by atoms with Gasteiger partial charge in [0, 0.05) is 32.0 Å². The van der Waals surface area contributed by atoms with Gasteiger partial charge in [0.2, 0.25) is 0 Å². The van der Waals surface area contributed by atoms with Crippen LogP contribution in [-0.2, 0) is 4.74 Å². The number of benzene rings is 1. The van der Waals surface area contributed by atoms with Crippen molar-refractivity contribution in [1.29, 1.82) is 0 Å². The quantitative estimate of drug-likeness (QED) is 0.856. The van der Waals surface area contributed by atoms with E-state index in [4.69, 9.17) is 9.47 Å².